The predicted octanol–water partition coefficient (Wildman–Crippen LogP) is -0.933. The van der Waals surface area contributed by atoms with Gasteiger partial charge in [-0.05, 0) is 11.7 Å². The third-order valence-electron chi connectivity index (χ3n) is 0. The summed E-state index contributed by atoms with van der Waals surface area (Å²) in [6.45, 7) is 0. The fraction of sp³-hybridized carbons (Fsp3) is 0. The quantitative estimate of drug-likeness (QED) is 0.169. The molecule has 0 heterocycles. The largest absolute Gasteiger partial charge is 0.352 e. The monoisotopic (exact) mass is 208 g/mol. The van der Waals surface area contributed by atoms with Gasteiger partial charge in [0.05, 0.1) is 0 Å². The van der Waals surface area contributed by atoms with E-state index in [0.29, 0.717) is 0 Å². The van der Waals surface area contributed by atoms with E-state index in [1.54, 1.807) is 0 Å². The van der Waals surface area contributed by atoms with E-state index >= 15 is 0 Å². The first-order valence-electron chi connectivity index (χ1n) is 1.48. The van der Waals surface area contributed by atoms with Crippen LogP contribution in [0, 0.1) is 0 Å². The summed E-state index contributed by atoms with van der Waals surface area (Å²) in [5.74, 6) is 0. The average molecular weight is 208 g/mol. The van der Waals surface area contributed by atoms with E-state index in [1.165, 1.54) is 0 Å². The van der Waals surface area contributed by atoms with Gasteiger partial charge in [0.2, 0.25) is 0 Å². The lowest BCUT2D eigenvalue weighted by Crippen LogP contribution is -2.18. The van der Waals surface area contributed by atoms with E-state index in [1.807, 2.05) is 0 Å². The van der Waals surface area contributed by atoms with Crippen molar-refractivity contribution in [1.29, 1.82) is 0 Å². The molecular weight excluding hydrogens is 196 g/mol. The van der Waals surface area contributed by atoms with Gasteiger partial charge in [-0.25, -0.2) is 4.79 Å². The van der Waals surface area contributed by atoms with Gasteiger partial charge in [0.1, 0.15) is 0 Å². The number of amides is 2. The molecule has 0 aliphatic rings. The second-order valence-electron chi connectivity index (χ2n) is 0.850. The number of rotatable bonds is 0. The number of urea groups is 1. The van der Waals surface area contributed by atoms with Gasteiger partial charge in [-0.3, -0.25) is 4.55 Å². The molecule has 10 heteroatoms. The number of nitrogens with two attached hydrogens (primary N) is 2. The Morgan fingerprint density at radius 3 is 1.27 bits per heavy atom. The summed E-state index contributed by atoms with van der Waals surface area (Å²) in [5.41, 5.74) is 8.50. The van der Waals surface area contributed by atoms with E-state index in [0.717, 1.165) is 0 Å². The number of hydrogen-bond acceptors (Lipinski definition) is 5. The van der Waals surface area contributed by atoms with Crippen molar-refractivity contribution >= 4 is 26.8 Å². The highest BCUT2D eigenvalue weighted by atomic mass is 33.1. The Morgan fingerprint density at radius 2 is 1.27 bits per heavy atom. The molecule has 2 amide bonds. The summed E-state index contributed by atoms with van der Waals surface area (Å²) in [6, 6.07) is -0.833. The summed E-state index contributed by atoms with van der Waals surface area (Å²) in [5, 5.41) is 0. The van der Waals surface area contributed by atoms with Crippen LogP contribution in [-0.4, -0.2) is 19.0 Å². The number of carbonyl (C=O) groups is 1. The molecule has 72 valence electrons. The van der Waals surface area contributed by atoms with E-state index in [9.17, 15) is 0 Å². The molecule has 0 saturated carbocycles. The van der Waals surface area contributed by atoms with Gasteiger partial charge in [-0.1, -0.05) is 0 Å². The van der Waals surface area contributed by atoms with Gasteiger partial charge in [0.15, 0.2) is 0 Å². The Bertz CT molecular complexity index is 163. The van der Waals surface area contributed by atoms with Crippen LogP contribution in [0.4, 0.5) is 4.79 Å². The van der Waals surface area contributed by atoms with Crippen LogP contribution in [0.1, 0.15) is 0 Å². The van der Waals surface area contributed by atoms with Crippen molar-refractivity contribution in [2.45, 2.75) is 0 Å². The Morgan fingerprint density at radius 1 is 1.27 bits per heavy atom. The number of thiol groups is 1. The maximum Gasteiger partial charge on any atom is 0.316 e. The van der Waals surface area contributed by atoms with Crippen molar-refractivity contribution in [3.8, 4) is 0 Å². The zero-order valence-corrected chi connectivity index (χ0v) is 7.31. The maximum absolute atomic E-state index is 9.05. The van der Waals surface area contributed by atoms with Crippen LogP contribution in [0.5, 0.6) is 0 Å². The molecular formula is CH12N4O4S2. The summed E-state index contributed by atoms with van der Waals surface area (Å²) < 4.78 is 25.5. The zero-order chi connectivity index (χ0) is 8.08. The van der Waals surface area contributed by atoms with Crippen molar-refractivity contribution in [2.24, 2.45) is 11.5 Å². The van der Waals surface area contributed by atoms with Crippen LogP contribution in [0.2, 0.25) is 0 Å². The van der Waals surface area contributed by atoms with E-state index in [2.05, 4.69) is 23.1 Å². The Hall–Kier alpha value is -0.550. The molecule has 11 heavy (non-hydrogen) atoms. The third kappa shape index (κ3) is 1730. The zero-order valence-electron chi connectivity index (χ0n) is 5.60. The molecule has 11 N–H and O–H groups in total. The minimum atomic E-state index is -3.97. The minimum absolute atomic E-state index is 0. The molecule has 8 nitrogen and oxygen atoms in total. The van der Waals surface area contributed by atoms with Crippen LogP contribution >= 0.6 is 11.7 Å². The predicted molar refractivity (Wildman–Crippen MR) is 44.3 cm³/mol. The van der Waals surface area contributed by atoms with Crippen LogP contribution in [0.3, 0.4) is 0 Å². The highest BCUT2D eigenvalue weighted by Gasteiger charge is 1.83. The molecule has 0 aliphatic heterocycles. The summed E-state index contributed by atoms with van der Waals surface area (Å²) in [6.07, 6.45) is 0. The van der Waals surface area contributed by atoms with Crippen LogP contribution < -0.4 is 23.8 Å². The van der Waals surface area contributed by atoms with Crippen molar-refractivity contribution in [3.63, 3.8) is 0 Å². The topological polar surface area (TPSA) is 193 Å². The van der Waals surface area contributed by atoms with Crippen LogP contribution in [0.15, 0.2) is 0 Å². The molecule has 0 atom stereocenters. The third-order valence-corrected chi connectivity index (χ3v) is 0. The Labute approximate surface area is 69.0 Å². The highest BCUT2D eigenvalue weighted by molar-refractivity contribution is 8.61. The van der Waals surface area contributed by atoms with Crippen LogP contribution in [0.25, 0.3) is 0 Å². The summed E-state index contributed by atoms with van der Waals surface area (Å²) in [4.78, 5) is 9.00. The summed E-state index contributed by atoms with van der Waals surface area (Å²) in [7, 11) is -3.97. The fourth-order valence-electron chi connectivity index (χ4n) is 0. The lowest BCUT2D eigenvalue weighted by Gasteiger charge is -1.67. The van der Waals surface area contributed by atoms with E-state index < -0.39 is 15.2 Å². The smallest absolute Gasteiger partial charge is 0.316 e. The molecule has 0 saturated heterocycles. The SMILES string of the molecule is N.N.NC(N)=O.O=S(=O)(O)S. The van der Waals surface area contributed by atoms with Crippen molar-refractivity contribution in [2.75, 3.05) is 0 Å². The Balaban J connectivity index is -0.0000000383. The van der Waals surface area contributed by atoms with Crippen LogP contribution in [-0.2, 0) is 9.15 Å². The highest BCUT2D eigenvalue weighted by Crippen LogP contribution is 1.81. The van der Waals surface area contributed by atoms with Gasteiger partial charge in [-0.2, -0.15) is 8.42 Å². The van der Waals surface area contributed by atoms with Gasteiger partial charge < -0.3 is 23.8 Å². The molecule has 0 radical (unpaired) electrons. The van der Waals surface area contributed by atoms with Gasteiger partial charge in [-0.15, -0.1) is 0 Å². The average Bonchev–Trinajstić information content (AvgIpc) is 1.19. The van der Waals surface area contributed by atoms with Gasteiger partial charge in [0.25, 0.3) is 0 Å². The maximum atomic E-state index is 9.05. The second-order valence-corrected chi connectivity index (χ2v) is 3.13. The molecule has 0 unspecified atom stereocenters. The van der Waals surface area contributed by atoms with E-state index in [-0.39, 0.29) is 12.3 Å². The molecule has 0 aromatic heterocycles. The second kappa shape index (κ2) is 9.45. The molecule has 0 aromatic carbocycles. The molecule has 0 bridgehead atoms. The molecule has 0 fully saturated rings. The lowest BCUT2D eigenvalue weighted by molar-refractivity contribution is 0.256. The van der Waals surface area contributed by atoms with E-state index in [4.69, 9.17) is 17.8 Å². The van der Waals surface area contributed by atoms with Gasteiger partial charge >= 0.3 is 15.2 Å². The first kappa shape index (κ1) is 22.4. The Kier molecular flexibility index (Phi) is 19.3. The molecule has 0 rings (SSSR count). The minimum Gasteiger partial charge on any atom is -0.352 e. The van der Waals surface area contributed by atoms with Gasteiger partial charge in [0, 0.05) is 0 Å². The first-order valence-corrected chi connectivity index (χ1v) is 3.97. The number of hydrogen-bond donors (Lipinski definition) is 6. The number of carbonyl (C=O) groups excluding carboxylic acids is 1. The first-order chi connectivity index (χ1) is 3.73. The fourth-order valence-corrected chi connectivity index (χ4v) is 0. The molecule has 0 aromatic rings. The standard InChI is InChI=1S/CH4N2O.2H3N.H2O3S2/c2-1(3)4;;;1-5(2,3)4/h(H4,2,3,4);2*1H3;(H2,1,2,3,4). The lowest BCUT2D eigenvalue weighted by atomic mass is 11.2. The summed E-state index contributed by atoms with van der Waals surface area (Å²) >= 11 is 2.65. The van der Waals surface area contributed by atoms with Crippen molar-refractivity contribution < 1.29 is 17.8 Å². The molecule has 0 spiro atoms. The molecule has 0 aliphatic carbocycles. The van der Waals surface area contributed by atoms with Crippen molar-refractivity contribution in [1.82, 2.24) is 12.3 Å². The van der Waals surface area contributed by atoms with Crippen molar-refractivity contribution in [3.05, 3.63) is 0 Å². The normalized spacial score (nSPS) is 7.45. The number of primary amides is 2.